The minimum atomic E-state index is -5.08. The van der Waals surface area contributed by atoms with E-state index >= 15 is 0 Å². The van der Waals surface area contributed by atoms with Gasteiger partial charge >= 0.3 is 18.3 Å². The predicted octanol–water partition coefficient (Wildman–Crippen LogP) is 10.7. The van der Waals surface area contributed by atoms with Crippen molar-refractivity contribution in [2.45, 2.75) is 44.2 Å². The average Bonchev–Trinajstić information content (AvgIpc) is 3.34. The molecular weight excluding hydrogens is 677 g/mol. The van der Waals surface area contributed by atoms with Gasteiger partial charge in [-0.3, -0.25) is 4.90 Å². The summed E-state index contributed by atoms with van der Waals surface area (Å²) in [7, 11) is 0. The summed E-state index contributed by atoms with van der Waals surface area (Å²) in [5, 5.41) is 9.69. The van der Waals surface area contributed by atoms with E-state index in [1.807, 2.05) is 48.5 Å². The molecule has 1 aliphatic rings. The zero-order chi connectivity index (χ0) is 34.6. The zero-order valence-corrected chi connectivity index (χ0v) is 26.8. The number of alkyl halides is 6. The third-order valence-electron chi connectivity index (χ3n) is 8.34. The van der Waals surface area contributed by atoms with Crippen LogP contribution in [0.4, 0.5) is 26.3 Å². The van der Waals surface area contributed by atoms with E-state index in [1.54, 1.807) is 6.07 Å². The second kappa shape index (κ2) is 14.6. The molecule has 0 atom stereocenters. The summed E-state index contributed by atoms with van der Waals surface area (Å²) in [4.78, 5) is 11.4. The van der Waals surface area contributed by atoms with Gasteiger partial charge in [-0.15, -0.1) is 0 Å². The van der Waals surface area contributed by atoms with Gasteiger partial charge in [-0.1, -0.05) is 89.9 Å². The van der Waals surface area contributed by atoms with Gasteiger partial charge in [0.1, 0.15) is 0 Å². The van der Waals surface area contributed by atoms with Crippen LogP contribution in [-0.2, 0) is 24.1 Å². The summed E-state index contributed by atoms with van der Waals surface area (Å²) in [6.45, 7) is 2.87. The minimum Gasteiger partial charge on any atom is -0.475 e. The van der Waals surface area contributed by atoms with Crippen molar-refractivity contribution in [2.24, 2.45) is 0 Å². The van der Waals surface area contributed by atoms with Crippen molar-refractivity contribution in [2.75, 3.05) is 13.1 Å². The molecule has 1 saturated heterocycles. The van der Waals surface area contributed by atoms with E-state index in [1.165, 1.54) is 17.7 Å². The van der Waals surface area contributed by atoms with Crippen molar-refractivity contribution < 1.29 is 36.2 Å². The Balaban J connectivity index is 0.000000582. The average molecular weight is 708 g/mol. The Hall–Kier alpha value is -3.99. The van der Waals surface area contributed by atoms with Crippen molar-refractivity contribution in [3.8, 4) is 11.3 Å². The molecule has 0 unspecified atom stereocenters. The number of aromatic nitrogens is 1. The maximum atomic E-state index is 13.5. The Kier molecular flexibility index (Phi) is 10.8. The number of hydrogen-bond acceptors (Lipinski definition) is 2. The molecule has 12 heteroatoms. The SMILES string of the molecule is FC(F)(F)c1cccc(Cn2c(-c3ccccc3)c(CN3CCC(c4c(Cl)cccc4Cl)CC3)c3ccccc32)c1.O=C(O)C(F)(F)F. The largest absolute Gasteiger partial charge is 0.490 e. The number of halogens is 8. The molecule has 0 radical (unpaired) electrons. The highest BCUT2D eigenvalue weighted by atomic mass is 35.5. The fourth-order valence-corrected chi connectivity index (χ4v) is 6.86. The summed E-state index contributed by atoms with van der Waals surface area (Å²) in [6.07, 6.45) is -7.57. The lowest BCUT2D eigenvalue weighted by atomic mass is 9.89. The van der Waals surface area contributed by atoms with Gasteiger partial charge < -0.3 is 9.67 Å². The molecule has 1 N–H and O–H groups in total. The number of carboxylic acid groups (broad SMARTS) is 1. The molecule has 0 aliphatic carbocycles. The first-order valence-corrected chi connectivity index (χ1v) is 15.8. The van der Waals surface area contributed by atoms with Crippen LogP contribution in [0.5, 0.6) is 0 Å². The zero-order valence-electron chi connectivity index (χ0n) is 25.3. The van der Waals surface area contributed by atoms with Gasteiger partial charge in [0.15, 0.2) is 0 Å². The van der Waals surface area contributed by atoms with Crippen LogP contribution < -0.4 is 0 Å². The Morgan fingerprint density at radius 1 is 0.771 bits per heavy atom. The molecule has 6 rings (SSSR count). The fourth-order valence-electron chi connectivity index (χ4n) is 6.16. The molecule has 1 fully saturated rings. The van der Waals surface area contributed by atoms with Crippen molar-refractivity contribution in [3.63, 3.8) is 0 Å². The lowest BCUT2D eigenvalue weighted by Gasteiger charge is -2.33. The lowest BCUT2D eigenvalue weighted by molar-refractivity contribution is -0.192. The van der Waals surface area contributed by atoms with E-state index in [9.17, 15) is 26.3 Å². The molecule has 0 spiro atoms. The molecule has 4 aromatic carbocycles. The molecular formula is C36H30Cl2F6N2O2. The number of rotatable bonds is 6. The molecule has 1 aliphatic heterocycles. The van der Waals surface area contributed by atoms with Gasteiger partial charge in [0.2, 0.25) is 0 Å². The predicted molar refractivity (Wildman–Crippen MR) is 175 cm³/mol. The molecule has 252 valence electrons. The Bertz CT molecular complexity index is 1860. The van der Waals surface area contributed by atoms with E-state index in [-0.39, 0.29) is 0 Å². The highest BCUT2D eigenvalue weighted by molar-refractivity contribution is 6.36. The summed E-state index contributed by atoms with van der Waals surface area (Å²) in [5.41, 5.74) is 5.31. The second-order valence-corrected chi connectivity index (χ2v) is 12.3. The third-order valence-corrected chi connectivity index (χ3v) is 9.00. The first-order valence-electron chi connectivity index (χ1n) is 15.0. The summed E-state index contributed by atoms with van der Waals surface area (Å²) >= 11 is 13.0. The molecule has 48 heavy (non-hydrogen) atoms. The molecule has 0 bridgehead atoms. The number of benzene rings is 4. The fraction of sp³-hybridized carbons (Fsp3) is 0.250. The molecule has 2 heterocycles. The summed E-state index contributed by atoms with van der Waals surface area (Å²) in [5.74, 6) is -2.45. The topological polar surface area (TPSA) is 45.5 Å². The summed E-state index contributed by atoms with van der Waals surface area (Å²) < 4.78 is 74.5. The van der Waals surface area contributed by atoms with Crippen LogP contribution >= 0.6 is 23.2 Å². The number of likely N-dealkylation sites (tertiary alicyclic amines) is 1. The molecule has 0 amide bonds. The van der Waals surface area contributed by atoms with Crippen molar-refractivity contribution in [1.29, 1.82) is 0 Å². The molecule has 5 aromatic rings. The molecule has 1 aromatic heterocycles. The summed E-state index contributed by atoms with van der Waals surface area (Å²) in [6, 6.07) is 29.7. The van der Waals surface area contributed by atoms with Gasteiger partial charge in [-0.2, -0.15) is 26.3 Å². The van der Waals surface area contributed by atoms with E-state index in [0.717, 1.165) is 76.3 Å². The lowest BCUT2D eigenvalue weighted by Crippen LogP contribution is -2.32. The number of carbonyl (C=O) groups is 1. The van der Waals surface area contributed by atoms with Gasteiger partial charge in [0.25, 0.3) is 0 Å². The van der Waals surface area contributed by atoms with Gasteiger partial charge in [-0.25, -0.2) is 4.79 Å². The minimum absolute atomic E-state index is 0.309. The number of hydrogen-bond donors (Lipinski definition) is 1. The quantitative estimate of drug-likeness (QED) is 0.179. The van der Waals surface area contributed by atoms with E-state index in [0.29, 0.717) is 18.0 Å². The highest BCUT2D eigenvalue weighted by Crippen LogP contribution is 2.40. The van der Waals surface area contributed by atoms with Crippen LogP contribution in [0, 0.1) is 0 Å². The Morgan fingerprint density at radius 3 is 1.96 bits per heavy atom. The number of carboxylic acids is 1. The maximum absolute atomic E-state index is 13.5. The van der Waals surface area contributed by atoms with Crippen LogP contribution in [0.1, 0.15) is 41.0 Å². The van der Waals surface area contributed by atoms with Crippen LogP contribution in [0.25, 0.3) is 22.2 Å². The van der Waals surface area contributed by atoms with Crippen molar-refractivity contribution in [3.05, 3.63) is 129 Å². The first kappa shape index (κ1) is 35.3. The Morgan fingerprint density at radius 2 is 1.35 bits per heavy atom. The van der Waals surface area contributed by atoms with E-state index in [4.69, 9.17) is 33.1 Å². The normalized spacial score (nSPS) is 14.5. The van der Waals surface area contributed by atoms with E-state index in [2.05, 4.69) is 33.7 Å². The first-order chi connectivity index (χ1) is 22.7. The third kappa shape index (κ3) is 8.17. The van der Waals surface area contributed by atoms with Crippen LogP contribution in [-0.4, -0.2) is 39.8 Å². The van der Waals surface area contributed by atoms with Gasteiger partial charge in [0, 0.05) is 34.0 Å². The maximum Gasteiger partial charge on any atom is 0.490 e. The van der Waals surface area contributed by atoms with Crippen molar-refractivity contribution >= 4 is 40.1 Å². The second-order valence-electron chi connectivity index (χ2n) is 11.5. The smallest absolute Gasteiger partial charge is 0.475 e. The van der Waals surface area contributed by atoms with Crippen LogP contribution in [0.3, 0.4) is 0 Å². The molecule has 4 nitrogen and oxygen atoms in total. The van der Waals surface area contributed by atoms with Crippen molar-refractivity contribution in [1.82, 2.24) is 9.47 Å². The number of para-hydroxylation sites is 1. The monoisotopic (exact) mass is 706 g/mol. The highest BCUT2D eigenvalue weighted by Gasteiger charge is 2.38. The van der Waals surface area contributed by atoms with Crippen LogP contribution in [0.2, 0.25) is 10.0 Å². The number of piperidine rings is 1. The van der Waals surface area contributed by atoms with E-state index < -0.39 is 23.9 Å². The van der Waals surface area contributed by atoms with Gasteiger partial charge in [-0.05, 0) is 84.4 Å². The Labute approximate surface area is 283 Å². The standard InChI is InChI=1S/C34H29Cl2F3N2.C2HF3O2/c35-29-13-7-14-30(36)32(29)24-16-18-40(19-17-24)22-28-27-12-4-5-15-31(27)41(33(28)25-9-2-1-3-10-25)21-23-8-6-11-26(20-23)34(37,38)39;3-2(4,5)1(6)7/h1-15,20,24H,16-19,21-22H2;(H,6,7). The van der Waals surface area contributed by atoms with Gasteiger partial charge in [0.05, 0.1) is 11.3 Å². The number of nitrogens with zero attached hydrogens (tertiary/aromatic N) is 2. The number of aliphatic carboxylic acids is 1. The van der Waals surface area contributed by atoms with Crippen LogP contribution in [0.15, 0.2) is 97.1 Å². The molecule has 0 saturated carbocycles. The number of fused-ring (bicyclic) bond motifs is 1.